The van der Waals surface area contributed by atoms with E-state index >= 15 is 0 Å². The quantitative estimate of drug-likeness (QED) is 0.622. The molecule has 1 fully saturated rings. The summed E-state index contributed by atoms with van der Waals surface area (Å²) in [5.41, 5.74) is 0.775. The summed E-state index contributed by atoms with van der Waals surface area (Å²) in [5.74, 6) is 0.0446. The third-order valence-corrected chi connectivity index (χ3v) is 5.38. The Hall–Kier alpha value is -1.35. The second-order valence-electron chi connectivity index (χ2n) is 5.76. The SMILES string of the molecule is O=C(NC1CCCCCC1Br)c1cccc2ccccc12. The van der Waals surface area contributed by atoms with Crippen molar-refractivity contribution in [2.75, 3.05) is 0 Å². The van der Waals surface area contributed by atoms with Crippen LogP contribution >= 0.6 is 15.9 Å². The number of rotatable bonds is 2. The van der Waals surface area contributed by atoms with Gasteiger partial charge in [0, 0.05) is 16.4 Å². The fraction of sp³-hybridized carbons (Fsp3) is 0.389. The summed E-state index contributed by atoms with van der Waals surface area (Å²) in [6, 6.07) is 14.2. The van der Waals surface area contributed by atoms with Crippen molar-refractivity contribution in [1.82, 2.24) is 5.32 Å². The summed E-state index contributed by atoms with van der Waals surface area (Å²) in [6.07, 6.45) is 5.91. The molecule has 110 valence electrons. The fourth-order valence-corrected chi connectivity index (χ4v) is 3.81. The number of hydrogen-bond donors (Lipinski definition) is 1. The summed E-state index contributed by atoms with van der Waals surface area (Å²) in [5, 5.41) is 5.37. The van der Waals surface area contributed by atoms with E-state index in [4.69, 9.17) is 0 Å². The van der Waals surface area contributed by atoms with Crippen LogP contribution in [0, 0.1) is 0 Å². The van der Waals surface area contributed by atoms with E-state index in [1.165, 1.54) is 19.3 Å². The van der Waals surface area contributed by atoms with E-state index in [0.29, 0.717) is 4.83 Å². The Labute approximate surface area is 134 Å². The van der Waals surface area contributed by atoms with Crippen LogP contribution < -0.4 is 5.32 Å². The molecule has 0 heterocycles. The lowest BCUT2D eigenvalue weighted by molar-refractivity contribution is 0.0936. The van der Waals surface area contributed by atoms with Gasteiger partial charge in [-0.25, -0.2) is 0 Å². The molecule has 1 aliphatic carbocycles. The van der Waals surface area contributed by atoms with Gasteiger partial charge >= 0.3 is 0 Å². The highest BCUT2D eigenvalue weighted by molar-refractivity contribution is 9.09. The van der Waals surface area contributed by atoms with Crippen molar-refractivity contribution in [2.24, 2.45) is 0 Å². The molecule has 3 heteroatoms. The fourth-order valence-electron chi connectivity index (χ4n) is 3.09. The molecule has 3 rings (SSSR count). The average molecular weight is 346 g/mol. The third kappa shape index (κ3) is 3.29. The molecule has 2 unspecified atom stereocenters. The lowest BCUT2D eigenvalue weighted by Gasteiger charge is -2.22. The Bertz CT molecular complexity index is 635. The molecule has 1 aliphatic rings. The summed E-state index contributed by atoms with van der Waals surface area (Å²) < 4.78 is 0. The van der Waals surface area contributed by atoms with Crippen LogP contribution in [0.25, 0.3) is 10.8 Å². The predicted molar refractivity (Wildman–Crippen MR) is 91.0 cm³/mol. The van der Waals surface area contributed by atoms with Gasteiger partial charge in [-0.1, -0.05) is 71.6 Å². The van der Waals surface area contributed by atoms with E-state index in [0.717, 1.165) is 29.2 Å². The van der Waals surface area contributed by atoms with Gasteiger partial charge in [0.1, 0.15) is 0 Å². The van der Waals surface area contributed by atoms with Crippen LogP contribution in [-0.2, 0) is 0 Å². The van der Waals surface area contributed by atoms with Gasteiger partial charge < -0.3 is 5.32 Å². The summed E-state index contributed by atoms with van der Waals surface area (Å²) in [6.45, 7) is 0. The molecule has 0 bridgehead atoms. The minimum atomic E-state index is 0.0446. The van der Waals surface area contributed by atoms with Crippen molar-refractivity contribution in [1.29, 1.82) is 0 Å². The van der Waals surface area contributed by atoms with E-state index in [9.17, 15) is 4.79 Å². The molecule has 0 aromatic heterocycles. The van der Waals surface area contributed by atoms with E-state index in [2.05, 4.69) is 21.2 Å². The van der Waals surface area contributed by atoms with Crippen LogP contribution in [0.3, 0.4) is 0 Å². The highest BCUT2D eigenvalue weighted by atomic mass is 79.9. The number of fused-ring (bicyclic) bond motifs is 1. The first-order chi connectivity index (χ1) is 10.3. The second-order valence-corrected chi connectivity index (χ2v) is 6.94. The first-order valence-corrected chi connectivity index (χ1v) is 8.60. The molecule has 1 saturated carbocycles. The molecule has 1 amide bonds. The monoisotopic (exact) mass is 345 g/mol. The van der Waals surface area contributed by atoms with Gasteiger partial charge in [-0.15, -0.1) is 0 Å². The normalized spacial score (nSPS) is 22.7. The molecular weight excluding hydrogens is 326 g/mol. The van der Waals surface area contributed by atoms with Crippen LogP contribution in [0.4, 0.5) is 0 Å². The van der Waals surface area contributed by atoms with Crippen molar-refractivity contribution in [3.63, 3.8) is 0 Å². The Morgan fingerprint density at radius 1 is 1.00 bits per heavy atom. The zero-order valence-electron chi connectivity index (χ0n) is 12.0. The van der Waals surface area contributed by atoms with E-state index in [-0.39, 0.29) is 11.9 Å². The lowest BCUT2D eigenvalue weighted by atomic mass is 10.0. The molecular formula is C18H20BrNO. The van der Waals surface area contributed by atoms with Crippen molar-refractivity contribution >= 4 is 32.6 Å². The topological polar surface area (TPSA) is 29.1 Å². The minimum absolute atomic E-state index is 0.0446. The largest absolute Gasteiger partial charge is 0.348 e. The number of amides is 1. The first-order valence-electron chi connectivity index (χ1n) is 7.68. The molecule has 2 aromatic rings. The van der Waals surface area contributed by atoms with Crippen LogP contribution in [-0.4, -0.2) is 16.8 Å². The molecule has 0 aliphatic heterocycles. The van der Waals surface area contributed by atoms with Crippen LogP contribution in [0.2, 0.25) is 0 Å². The van der Waals surface area contributed by atoms with Crippen molar-refractivity contribution in [3.05, 3.63) is 48.0 Å². The standard InChI is InChI=1S/C18H20BrNO/c19-16-11-2-1-3-12-17(16)20-18(21)15-10-6-8-13-7-4-5-9-14(13)15/h4-10,16-17H,1-3,11-12H2,(H,20,21). The van der Waals surface area contributed by atoms with Crippen molar-refractivity contribution < 1.29 is 4.79 Å². The van der Waals surface area contributed by atoms with Gasteiger partial charge in [-0.05, 0) is 29.7 Å². The number of hydrogen-bond acceptors (Lipinski definition) is 1. The second kappa shape index (κ2) is 6.61. The van der Waals surface area contributed by atoms with Crippen LogP contribution in [0.1, 0.15) is 42.5 Å². The maximum atomic E-state index is 12.7. The minimum Gasteiger partial charge on any atom is -0.348 e. The zero-order valence-corrected chi connectivity index (χ0v) is 13.6. The highest BCUT2D eigenvalue weighted by Crippen LogP contribution is 2.25. The summed E-state index contributed by atoms with van der Waals surface area (Å²) in [4.78, 5) is 13.0. The zero-order chi connectivity index (χ0) is 14.7. The number of alkyl halides is 1. The maximum absolute atomic E-state index is 12.7. The van der Waals surface area contributed by atoms with E-state index in [1.807, 2.05) is 42.5 Å². The number of carbonyl (C=O) groups excluding carboxylic acids is 1. The predicted octanol–water partition coefficient (Wildman–Crippen LogP) is 4.67. The number of benzene rings is 2. The van der Waals surface area contributed by atoms with Crippen LogP contribution in [0.5, 0.6) is 0 Å². The Morgan fingerprint density at radius 2 is 1.76 bits per heavy atom. The van der Waals surface area contributed by atoms with Gasteiger partial charge in [0.2, 0.25) is 0 Å². The number of nitrogens with one attached hydrogen (secondary N) is 1. The molecule has 0 spiro atoms. The summed E-state index contributed by atoms with van der Waals surface area (Å²) in [7, 11) is 0. The molecule has 2 aromatic carbocycles. The highest BCUT2D eigenvalue weighted by Gasteiger charge is 2.23. The van der Waals surface area contributed by atoms with Crippen molar-refractivity contribution in [2.45, 2.75) is 43.0 Å². The Morgan fingerprint density at radius 3 is 2.67 bits per heavy atom. The smallest absolute Gasteiger partial charge is 0.252 e. The van der Waals surface area contributed by atoms with E-state index < -0.39 is 0 Å². The van der Waals surface area contributed by atoms with Gasteiger partial charge in [-0.3, -0.25) is 4.79 Å². The van der Waals surface area contributed by atoms with Gasteiger partial charge in [-0.2, -0.15) is 0 Å². The third-order valence-electron chi connectivity index (χ3n) is 4.28. The van der Waals surface area contributed by atoms with Gasteiger partial charge in [0.25, 0.3) is 5.91 Å². The number of carbonyl (C=O) groups is 1. The van der Waals surface area contributed by atoms with Crippen molar-refractivity contribution in [3.8, 4) is 0 Å². The maximum Gasteiger partial charge on any atom is 0.252 e. The van der Waals surface area contributed by atoms with Crippen LogP contribution in [0.15, 0.2) is 42.5 Å². The summed E-state index contributed by atoms with van der Waals surface area (Å²) >= 11 is 3.74. The average Bonchev–Trinajstić information content (AvgIpc) is 2.71. The first kappa shape index (κ1) is 14.6. The molecule has 2 atom stereocenters. The molecule has 21 heavy (non-hydrogen) atoms. The lowest BCUT2D eigenvalue weighted by Crippen LogP contribution is -2.40. The molecule has 2 nitrogen and oxygen atoms in total. The Balaban J connectivity index is 1.83. The molecule has 0 radical (unpaired) electrons. The molecule has 1 N–H and O–H groups in total. The van der Waals surface area contributed by atoms with Gasteiger partial charge in [0.05, 0.1) is 0 Å². The Kier molecular flexibility index (Phi) is 4.59. The molecule has 0 saturated heterocycles. The number of halogens is 1. The van der Waals surface area contributed by atoms with Gasteiger partial charge in [0.15, 0.2) is 0 Å². The van der Waals surface area contributed by atoms with E-state index in [1.54, 1.807) is 0 Å².